The van der Waals surface area contributed by atoms with Gasteiger partial charge in [0.15, 0.2) is 23.0 Å². The third-order valence-electron chi connectivity index (χ3n) is 3.22. The van der Waals surface area contributed by atoms with Crippen LogP contribution in [0.25, 0.3) is 11.1 Å². The van der Waals surface area contributed by atoms with Crippen LogP contribution in [0.4, 0.5) is 0 Å². The molecule has 0 bridgehead atoms. The lowest BCUT2D eigenvalue weighted by molar-refractivity contribution is 0.716. The second-order valence-corrected chi connectivity index (χ2v) is 5.56. The minimum Gasteiger partial charge on any atom is -0.428 e. The van der Waals surface area contributed by atoms with E-state index in [4.69, 9.17) is 3.07 Å². The van der Waals surface area contributed by atoms with Crippen LogP contribution in [0, 0.1) is 20.8 Å². The van der Waals surface area contributed by atoms with Crippen LogP contribution in [0.2, 0.25) is 0 Å². The van der Waals surface area contributed by atoms with Crippen LogP contribution < -0.4 is 8.38 Å². The molecule has 1 aliphatic rings. The molecular formula is C17H20INO. The maximum atomic E-state index is 5.21. The molecule has 2 nitrogen and oxygen atoms in total. The van der Waals surface area contributed by atoms with Gasteiger partial charge in [0.05, 0.1) is 0 Å². The van der Waals surface area contributed by atoms with Crippen molar-refractivity contribution in [2.24, 2.45) is 0 Å². The van der Waals surface area contributed by atoms with Crippen molar-refractivity contribution < 1.29 is 3.07 Å². The number of aryl methyl sites for hydroxylation is 3. The Morgan fingerprint density at radius 2 is 1.60 bits per heavy atom. The lowest BCUT2D eigenvalue weighted by Crippen LogP contribution is -1.88. The first-order valence-electron chi connectivity index (χ1n) is 6.79. The molecule has 0 aliphatic carbocycles. The molecule has 3 heteroatoms. The lowest BCUT2D eigenvalue weighted by atomic mass is 9.95. The highest BCUT2D eigenvalue weighted by Crippen LogP contribution is 2.30. The summed E-state index contributed by atoms with van der Waals surface area (Å²) in [4.78, 5) is 0. The third kappa shape index (κ3) is 4.21. The number of hydrogen-bond acceptors (Lipinski definition) is 2. The van der Waals surface area contributed by atoms with Crippen LogP contribution >= 0.6 is 23.0 Å². The average molecular weight is 381 g/mol. The Balaban J connectivity index is 0.000000432. The predicted molar refractivity (Wildman–Crippen MR) is 93.6 cm³/mol. The summed E-state index contributed by atoms with van der Waals surface area (Å²) in [5.74, 6) is 0.900. The molecule has 106 valence electrons. The standard InChI is InChI=1S/C15H15IO.C2H5N/c1-10-4-5-11(2)15(8-10)14-7-6-13(17-16)9-12(14)3;1-2-3-1/h4-9H,1-3H3;3H,1-2H2. The minimum absolute atomic E-state index is 0.900. The highest BCUT2D eigenvalue weighted by molar-refractivity contribution is 14.1. The van der Waals surface area contributed by atoms with Gasteiger partial charge in [-0.05, 0) is 55.2 Å². The zero-order valence-corrected chi connectivity index (χ0v) is 14.3. The smallest absolute Gasteiger partial charge is 0.192 e. The molecule has 3 rings (SSSR count). The molecule has 0 aromatic heterocycles. The van der Waals surface area contributed by atoms with Crippen molar-refractivity contribution in [2.45, 2.75) is 20.8 Å². The van der Waals surface area contributed by atoms with Crippen molar-refractivity contribution in [3.8, 4) is 16.9 Å². The van der Waals surface area contributed by atoms with Crippen LogP contribution in [-0.2, 0) is 0 Å². The second-order valence-electron chi connectivity index (χ2n) is 5.12. The summed E-state index contributed by atoms with van der Waals surface area (Å²) in [7, 11) is 0. The molecule has 1 aliphatic heterocycles. The number of benzene rings is 2. The SMILES string of the molecule is C1CN1.Cc1ccc(C)c(-c2ccc(OI)cc2C)c1. The van der Waals surface area contributed by atoms with Crippen LogP contribution in [0.1, 0.15) is 16.7 Å². The number of halogens is 1. The number of hydrogen-bond donors (Lipinski definition) is 1. The monoisotopic (exact) mass is 381 g/mol. The zero-order valence-electron chi connectivity index (χ0n) is 12.2. The van der Waals surface area contributed by atoms with Crippen molar-refractivity contribution in [3.05, 3.63) is 53.1 Å². The van der Waals surface area contributed by atoms with E-state index in [2.05, 4.69) is 56.4 Å². The summed E-state index contributed by atoms with van der Waals surface area (Å²) in [6.07, 6.45) is 0. The van der Waals surface area contributed by atoms with E-state index < -0.39 is 0 Å². The van der Waals surface area contributed by atoms with Crippen LogP contribution in [-0.4, -0.2) is 13.1 Å². The second kappa shape index (κ2) is 7.09. The molecule has 1 fully saturated rings. The molecule has 20 heavy (non-hydrogen) atoms. The van der Waals surface area contributed by atoms with Gasteiger partial charge in [0.2, 0.25) is 0 Å². The average Bonchev–Trinajstić information content (AvgIpc) is 3.30. The van der Waals surface area contributed by atoms with Gasteiger partial charge in [0, 0.05) is 13.1 Å². The normalized spacial score (nSPS) is 12.4. The summed E-state index contributed by atoms with van der Waals surface area (Å²) in [6.45, 7) is 8.90. The first kappa shape index (κ1) is 15.3. The van der Waals surface area contributed by atoms with Crippen molar-refractivity contribution >= 4 is 23.0 Å². The quantitative estimate of drug-likeness (QED) is 0.609. The fourth-order valence-electron chi connectivity index (χ4n) is 2.01. The minimum atomic E-state index is 0.900. The van der Waals surface area contributed by atoms with Crippen molar-refractivity contribution in [1.29, 1.82) is 0 Å². The Kier molecular flexibility index (Phi) is 5.43. The van der Waals surface area contributed by atoms with E-state index in [0.29, 0.717) is 0 Å². The first-order valence-corrected chi connectivity index (χ1v) is 7.67. The van der Waals surface area contributed by atoms with Crippen molar-refractivity contribution in [1.82, 2.24) is 5.32 Å². The summed E-state index contributed by atoms with van der Waals surface area (Å²) >= 11 is 1.91. The van der Waals surface area contributed by atoms with E-state index in [1.807, 2.05) is 29.1 Å². The topological polar surface area (TPSA) is 31.2 Å². The van der Waals surface area contributed by atoms with Gasteiger partial charge in [-0.2, -0.15) is 0 Å². The summed E-state index contributed by atoms with van der Waals surface area (Å²) < 4.78 is 5.21. The molecule has 0 unspecified atom stereocenters. The molecule has 2 aromatic rings. The highest BCUT2D eigenvalue weighted by atomic mass is 127. The van der Waals surface area contributed by atoms with Gasteiger partial charge < -0.3 is 8.38 Å². The van der Waals surface area contributed by atoms with Crippen LogP contribution in [0.3, 0.4) is 0 Å². The van der Waals surface area contributed by atoms with E-state index in [9.17, 15) is 0 Å². The fourth-order valence-corrected chi connectivity index (χ4v) is 2.29. The van der Waals surface area contributed by atoms with Gasteiger partial charge in [0.1, 0.15) is 5.75 Å². The fraction of sp³-hybridized carbons (Fsp3) is 0.294. The summed E-state index contributed by atoms with van der Waals surface area (Å²) in [6, 6.07) is 12.8. The largest absolute Gasteiger partial charge is 0.428 e. The predicted octanol–water partition coefficient (Wildman–Crippen LogP) is 4.60. The Hall–Kier alpha value is -1.07. The molecule has 0 radical (unpaired) electrons. The molecule has 0 amide bonds. The molecule has 0 saturated carbocycles. The van der Waals surface area contributed by atoms with E-state index in [0.717, 1.165) is 5.75 Å². The van der Waals surface area contributed by atoms with Gasteiger partial charge in [-0.1, -0.05) is 29.8 Å². The van der Waals surface area contributed by atoms with E-state index in [1.165, 1.54) is 40.9 Å². The van der Waals surface area contributed by atoms with E-state index in [1.54, 1.807) is 0 Å². The van der Waals surface area contributed by atoms with Crippen LogP contribution in [0.15, 0.2) is 36.4 Å². The molecule has 1 heterocycles. The molecule has 0 spiro atoms. The molecule has 2 aromatic carbocycles. The van der Waals surface area contributed by atoms with Gasteiger partial charge in [-0.3, -0.25) is 0 Å². The Morgan fingerprint density at radius 3 is 2.15 bits per heavy atom. The molecular weight excluding hydrogens is 361 g/mol. The number of nitrogens with one attached hydrogen (secondary N) is 1. The van der Waals surface area contributed by atoms with E-state index >= 15 is 0 Å². The Bertz CT molecular complexity index is 591. The molecule has 1 N–H and O–H groups in total. The Morgan fingerprint density at radius 1 is 0.900 bits per heavy atom. The maximum Gasteiger partial charge on any atom is 0.192 e. The van der Waals surface area contributed by atoms with E-state index in [-0.39, 0.29) is 0 Å². The summed E-state index contributed by atoms with van der Waals surface area (Å²) in [5, 5.41) is 3.00. The third-order valence-corrected chi connectivity index (χ3v) is 3.73. The van der Waals surface area contributed by atoms with Crippen molar-refractivity contribution in [3.63, 3.8) is 0 Å². The lowest BCUT2D eigenvalue weighted by Gasteiger charge is -2.11. The zero-order chi connectivity index (χ0) is 14.5. The van der Waals surface area contributed by atoms with Gasteiger partial charge in [-0.15, -0.1) is 0 Å². The molecule has 1 saturated heterocycles. The van der Waals surface area contributed by atoms with Gasteiger partial charge in [-0.25, -0.2) is 0 Å². The van der Waals surface area contributed by atoms with Gasteiger partial charge >= 0.3 is 0 Å². The highest BCUT2D eigenvalue weighted by Gasteiger charge is 2.06. The van der Waals surface area contributed by atoms with Crippen molar-refractivity contribution in [2.75, 3.05) is 13.1 Å². The summed E-state index contributed by atoms with van der Waals surface area (Å²) in [5.41, 5.74) is 6.43. The maximum absolute atomic E-state index is 5.21. The Labute approximate surface area is 135 Å². The van der Waals surface area contributed by atoms with Gasteiger partial charge in [0.25, 0.3) is 0 Å². The van der Waals surface area contributed by atoms with Crippen LogP contribution in [0.5, 0.6) is 5.75 Å². The first-order chi connectivity index (χ1) is 9.61. The molecule has 0 atom stereocenters. The number of rotatable bonds is 2.